The molecule has 0 spiro atoms. The maximum Gasteiger partial charge on any atom is 0.434 e. The summed E-state index contributed by atoms with van der Waals surface area (Å²) in [6.45, 7) is -0.394. The molecule has 0 saturated carbocycles. The highest BCUT2D eigenvalue weighted by Gasteiger charge is 2.40. The number of alkyl halides is 6. The largest absolute Gasteiger partial charge is 0.434 e. The van der Waals surface area contributed by atoms with Crippen LogP contribution in [0.5, 0.6) is 0 Å². The molecule has 0 aliphatic carbocycles. The number of hydrogen-bond acceptors (Lipinski definition) is 3. The van der Waals surface area contributed by atoms with Crippen molar-refractivity contribution >= 4 is 5.91 Å². The molecule has 11 heteroatoms. The predicted octanol–water partition coefficient (Wildman–Crippen LogP) is 4.23. The zero-order chi connectivity index (χ0) is 21.2. The number of carbonyl (C=O) groups excluding carboxylic acids is 1. The number of halogens is 6. The average molecular weight is 414 g/mol. The first-order valence-corrected chi connectivity index (χ1v) is 8.08. The minimum absolute atomic E-state index is 0.0823. The van der Waals surface area contributed by atoms with Crippen LogP contribution in [0, 0.1) is 0 Å². The summed E-state index contributed by atoms with van der Waals surface area (Å²) in [6, 6.07) is 8.36. The van der Waals surface area contributed by atoms with Crippen molar-refractivity contribution in [2.24, 2.45) is 0 Å². The van der Waals surface area contributed by atoms with Gasteiger partial charge in [-0.3, -0.25) is 4.79 Å². The fourth-order valence-electron chi connectivity index (χ4n) is 2.58. The monoisotopic (exact) mass is 414 g/mol. The summed E-state index contributed by atoms with van der Waals surface area (Å²) in [5.74, 6) is -1.27. The zero-order valence-corrected chi connectivity index (χ0v) is 14.4. The Hall–Kier alpha value is -3.37. The quantitative estimate of drug-likeness (QED) is 0.650. The molecule has 1 N–H and O–H groups in total. The van der Waals surface area contributed by atoms with E-state index in [4.69, 9.17) is 0 Å². The number of nitrogens with zero attached hydrogens (tertiary/aromatic N) is 3. The molecule has 5 nitrogen and oxygen atoms in total. The highest BCUT2D eigenvalue weighted by Crippen LogP contribution is 2.33. The van der Waals surface area contributed by atoms with Crippen LogP contribution in [0.1, 0.15) is 27.2 Å². The van der Waals surface area contributed by atoms with Crippen LogP contribution < -0.4 is 5.32 Å². The van der Waals surface area contributed by atoms with E-state index < -0.39 is 41.6 Å². The Labute approximate surface area is 160 Å². The third-order valence-electron chi connectivity index (χ3n) is 3.86. The van der Waals surface area contributed by atoms with Gasteiger partial charge in [0.05, 0.1) is 17.3 Å². The van der Waals surface area contributed by atoms with E-state index in [9.17, 15) is 31.1 Å². The zero-order valence-electron chi connectivity index (χ0n) is 14.4. The van der Waals surface area contributed by atoms with Gasteiger partial charge in [-0.1, -0.05) is 18.2 Å². The number of hydrogen-bond donors (Lipinski definition) is 1. The molecular formula is C18H12F6N4O. The lowest BCUT2D eigenvalue weighted by Crippen LogP contribution is -2.26. The fourth-order valence-corrected chi connectivity index (χ4v) is 2.58. The lowest BCUT2D eigenvalue weighted by Gasteiger charge is -2.13. The van der Waals surface area contributed by atoms with E-state index >= 15 is 0 Å². The Morgan fingerprint density at radius 2 is 1.76 bits per heavy atom. The lowest BCUT2D eigenvalue weighted by molar-refractivity contribution is -0.143. The number of amides is 1. The third kappa shape index (κ3) is 4.55. The standard InChI is InChI=1S/C18H12F6N4O/c19-17(20,21)12-5-3-4-11(8-12)9-26-16(29)13-10-27-28(15(13)18(22,23)24)14-6-1-2-7-25-14/h1-8,10H,9H2,(H,26,29). The van der Waals surface area contributed by atoms with E-state index in [0.717, 1.165) is 24.4 Å². The van der Waals surface area contributed by atoms with Crippen LogP contribution in [0.3, 0.4) is 0 Å². The molecule has 3 rings (SSSR count). The number of benzene rings is 1. The van der Waals surface area contributed by atoms with Crippen LogP contribution in [-0.2, 0) is 18.9 Å². The molecule has 0 fully saturated rings. The van der Waals surface area contributed by atoms with E-state index in [0.29, 0.717) is 4.68 Å². The highest BCUT2D eigenvalue weighted by molar-refractivity contribution is 5.95. The summed E-state index contributed by atoms with van der Waals surface area (Å²) in [5, 5.41) is 5.79. The molecule has 0 radical (unpaired) electrons. The molecule has 0 unspecified atom stereocenters. The number of aromatic nitrogens is 3. The number of nitrogens with one attached hydrogen (secondary N) is 1. The predicted molar refractivity (Wildman–Crippen MR) is 89.0 cm³/mol. The summed E-state index contributed by atoms with van der Waals surface area (Å²) < 4.78 is 79.4. The molecule has 0 saturated heterocycles. The molecule has 1 aromatic carbocycles. The van der Waals surface area contributed by atoms with Crippen LogP contribution in [0.15, 0.2) is 54.9 Å². The van der Waals surface area contributed by atoms with Gasteiger partial charge < -0.3 is 5.32 Å². The van der Waals surface area contributed by atoms with Gasteiger partial charge in [0.15, 0.2) is 11.5 Å². The van der Waals surface area contributed by atoms with Crippen molar-refractivity contribution in [3.8, 4) is 5.82 Å². The molecule has 0 atom stereocenters. The molecule has 3 aromatic rings. The van der Waals surface area contributed by atoms with Crippen molar-refractivity contribution in [1.29, 1.82) is 0 Å². The molecule has 2 heterocycles. The van der Waals surface area contributed by atoms with E-state index in [1.54, 1.807) is 0 Å². The number of rotatable bonds is 4. The first-order chi connectivity index (χ1) is 13.6. The highest BCUT2D eigenvalue weighted by atomic mass is 19.4. The fraction of sp³-hybridized carbons (Fsp3) is 0.167. The van der Waals surface area contributed by atoms with Crippen LogP contribution >= 0.6 is 0 Å². The second-order valence-corrected chi connectivity index (χ2v) is 5.89. The van der Waals surface area contributed by atoms with Gasteiger partial charge in [-0.05, 0) is 29.8 Å². The average Bonchev–Trinajstić information content (AvgIpc) is 3.12. The molecule has 0 aliphatic heterocycles. The molecule has 0 aliphatic rings. The van der Waals surface area contributed by atoms with E-state index in [2.05, 4.69) is 15.4 Å². The minimum Gasteiger partial charge on any atom is -0.348 e. The van der Waals surface area contributed by atoms with Crippen LogP contribution in [-0.4, -0.2) is 20.7 Å². The third-order valence-corrected chi connectivity index (χ3v) is 3.86. The van der Waals surface area contributed by atoms with Crippen LogP contribution in [0.2, 0.25) is 0 Å². The second-order valence-electron chi connectivity index (χ2n) is 5.89. The van der Waals surface area contributed by atoms with Gasteiger partial charge in [0.1, 0.15) is 0 Å². The molecular weight excluding hydrogens is 402 g/mol. The van der Waals surface area contributed by atoms with E-state index in [1.165, 1.54) is 30.5 Å². The maximum absolute atomic E-state index is 13.5. The van der Waals surface area contributed by atoms with Gasteiger partial charge in [0, 0.05) is 12.7 Å². The number of pyridine rings is 1. The Balaban J connectivity index is 1.86. The van der Waals surface area contributed by atoms with Gasteiger partial charge in [-0.15, -0.1) is 0 Å². The maximum atomic E-state index is 13.5. The Kier molecular flexibility index (Phi) is 5.31. The van der Waals surface area contributed by atoms with Gasteiger partial charge in [-0.2, -0.15) is 31.4 Å². The van der Waals surface area contributed by atoms with Crippen LogP contribution in [0.25, 0.3) is 5.82 Å². The normalized spacial score (nSPS) is 12.1. The SMILES string of the molecule is O=C(NCc1cccc(C(F)(F)F)c1)c1cnn(-c2ccccn2)c1C(F)(F)F. The smallest absolute Gasteiger partial charge is 0.348 e. The topological polar surface area (TPSA) is 59.8 Å². The van der Waals surface area contributed by atoms with E-state index in [1.807, 2.05) is 0 Å². The summed E-state index contributed by atoms with van der Waals surface area (Å²) in [7, 11) is 0. The summed E-state index contributed by atoms with van der Waals surface area (Å²) >= 11 is 0. The van der Waals surface area contributed by atoms with Gasteiger partial charge in [0.25, 0.3) is 5.91 Å². The molecule has 29 heavy (non-hydrogen) atoms. The molecule has 1 amide bonds. The van der Waals surface area contributed by atoms with Gasteiger partial charge in [0.2, 0.25) is 0 Å². The molecule has 0 bridgehead atoms. The minimum atomic E-state index is -4.92. The Morgan fingerprint density at radius 1 is 1.00 bits per heavy atom. The van der Waals surface area contributed by atoms with E-state index in [-0.39, 0.29) is 11.4 Å². The van der Waals surface area contributed by atoms with Crippen molar-refractivity contribution in [3.63, 3.8) is 0 Å². The summed E-state index contributed by atoms with van der Waals surface area (Å²) in [5.41, 5.74) is -2.95. The van der Waals surface area contributed by atoms with Gasteiger partial charge >= 0.3 is 12.4 Å². The lowest BCUT2D eigenvalue weighted by atomic mass is 10.1. The van der Waals surface area contributed by atoms with Crippen LogP contribution in [0.4, 0.5) is 26.3 Å². The van der Waals surface area contributed by atoms with Crippen molar-refractivity contribution in [2.45, 2.75) is 18.9 Å². The second kappa shape index (κ2) is 7.57. The van der Waals surface area contributed by atoms with Crippen molar-refractivity contribution < 1.29 is 31.1 Å². The Morgan fingerprint density at radius 3 is 2.38 bits per heavy atom. The van der Waals surface area contributed by atoms with Gasteiger partial charge in [-0.25, -0.2) is 9.67 Å². The van der Waals surface area contributed by atoms with Crippen molar-refractivity contribution in [3.05, 3.63) is 77.2 Å². The first-order valence-electron chi connectivity index (χ1n) is 8.08. The van der Waals surface area contributed by atoms with Crippen molar-refractivity contribution in [2.75, 3.05) is 0 Å². The first kappa shape index (κ1) is 20.4. The Bertz CT molecular complexity index is 1010. The molecule has 152 valence electrons. The summed E-state index contributed by atoms with van der Waals surface area (Å²) in [6.07, 6.45) is -7.49. The molecule has 2 aromatic heterocycles. The summed E-state index contributed by atoms with van der Waals surface area (Å²) in [4.78, 5) is 16.1. The van der Waals surface area contributed by atoms with Crippen molar-refractivity contribution in [1.82, 2.24) is 20.1 Å². The number of carbonyl (C=O) groups is 1.